The first-order valence-corrected chi connectivity index (χ1v) is 1.86. The Hall–Kier alpha value is 0.569. The molecular weight excluding hydrogens is 161 g/mol. The Balaban J connectivity index is 0. The van der Waals surface area contributed by atoms with Crippen molar-refractivity contribution in [1.82, 2.24) is 0 Å². The Labute approximate surface area is 43.0 Å². The molecule has 0 unspecified atom stereocenters. The van der Waals surface area contributed by atoms with Gasteiger partial charge in [-0.2, -0.15) is 0 Å². The van der Waals surface area contributed by atoms with Crippen LogP contribution in [0.2, 0.25) is 0 Å². The molecule has 0 saturated carbocycles. The molecule has 0 spiro atoms. The Kier molecular flexibility index (Phi) is 43.2. The van der Waals surface area contributed by atoms with Crippen molar-refractivity contribution in [3.05, 3.63) is 0 Å². The van der Waals surface area contributed by atoms with Crippen molar-refractivity contribution < 1.29 is 42.5 Å². The van der Waals surface area contributed by atoms with E-state index in [0.717, 1.165) is 0 Å². The van der Waals surface area contributed by atoms with Crippen molar-refractivity contribution >= 4 is 0 Å². The summed E-state index contributed by atoms with van der Waals surface area (Å²) in [6.07, 6.45) is 0. The maximum atomic E-state index is 9.31. The SMILES string of the molecule is [F][Mn].[O]=[Mn]=[O]. The third kappa shape index (κ3) is 93.1. The molecule has 0 saturated heterocycles. The molecule has 33 valence electrons. The summed E-state index contributed by atoms with van der Waals surface area (Å²) >= 11 is 0. The molecule has 0 N–H and O–H groups in total. The van der Waals surface area contributed by atoms with E-state index >= 15 is 0 Å². The van der Waals surface area contributed by atoms with E-state index < -0.39 is 14.8 Å². The fourth-order valence-electron chi connectivity index (χ4n) is 0. The average molecular weight is 161 g/mol. The minimum atomic E-state index is -1.44. The van der Waals surface area contributed by atoms with Crippen molar-refractivity contribution in [2.75, 3.05) is 0 Å². The van der Waals surface area contributed by atoms with Gasteiger partial charge in [0.1, 0.15) is 0 Å². The Morgan fingerprint density at radius 1 is 1.40 bits per heavy atom. The second kappa shape index (κ2) is 23.6. The van der Waals surface area contributed by atoms with Gasteiger partial charge in [0.15, 0.2) is 0 Å². The predicted octanol–water partition coefficient (Wildman–Crippen LogP) is 0.178. The molecular formula is FMn2O2. The summed E-state index contributed by atoms with van der Waals surface area (Å²) in [5.74, 6) is 0. The normalized spacial score (nSPS) is 3.60. The summed E-state index contributed by atoms with van der Waals surface area (Å²) in [5, 5.41) is 0. The Morgan fingerprint density at radius 2 is 1.40 bits per heavy atom. The number of hydrogen-bond acceptors (Lipinski definition) is 2. The minimum absolute atomic E-state index is 1.44. The molecule has 0 aliphatic rings. The van der Waals surface area contributed by atoms with Crippen molar-refractivity contribution in [2.45, 2.75) is 0 Å². The van der Waals surface area contributed by atoms with Crippen LogP contribution >= 0.6 is 0 Å². The number of rotatable bonds is 0. The van der Waals surface area contributed by atoms with Crippen molar-refractivity contribution in [3.8, 4) is 0 Å². The van der Waals surface area contributed by atoms with Crippen LogP contribution in [0.3, 0.4) is 0 Å². The van der Waals surface area contributed by atoms with Crippen LogP contribution in [0, 0.1) is 0 Å². The summed E-state index contributed by atoms with van der Waals surface area (Å²) in [6.45, 7) is 0. The first kappa shape index (κ1) is 9.13. The van der Waals surface area contributed by atoms with E-state index in [1.165, 1.54) is 16.5 Å². The van der Waals surface area contributed by atoms with Crippen LogP contribution in [0.5, 0.6) is 0 Å². The van der Waals surface area contributed by atoms with Crippen LogP contribution in [-0.2, 0) is 39.0 Å². The molecule has 5 heavy (non-hydrogen) atoms. The van der Waals surface area contributed by atoms with Gasteiger partial charge in [-0.25, -0.2) is 0 Å². The average Bonchev–Trinajstić information content (AvgIpc) is 1.46. The van der Waals surface area contributed by atoms with Gasteiger partial charge in [0.05, 0.1) is 0 Å². The molecule has 2 nitrogen and oxygen atoms in total. The third-order valence-electron chi connectivity index (χ3n) is 0. The van der Waals surface area contributed by atoms with E-state index in [1.807, 2.05) is 0 Å². The summed E-state index contributed by atoms with van der Waals surface area (Å²) in [6, 6.07) is 0. The molecule has 0 bridgehead atoms. The fourth-order valence-corrected chi connectivity index (χ4v) is 0. The van der Waals surface area contributed by atoms with Crippen LogP contribution in [0.15, 0.2) is 0 Å². The van der Waals surface area contributed by atoms with E-state index in [2.05, 4.69) is 0 Å². The van der Waals surface area contributed by atoms with Gasteiger partial charge in [0.25, 0.3) is 0 Å². The molecule has 5 heteroatoms. The number of hydrogen-bond donors (Lipinski definition) is 0. The van der Waals surface area contributed by atoms with Gasteiger partial charge in [-0.05, 0) is 0 Å². The molecule has 0 rings (SSSR count). The van der Waals surface area contributed by atoms with Gasteiger partial charge in [0.2, 0.25) is 0 Å². The molecule has 0 aromatic heterocycles. The first-order chi connectivity index (χ1) is 2.41. The van der Waals surface area contributed by atoms with Gasteiger partial charge in [-0.3, -0.25) is 0 Å². The molecule has 0 aliphatic heterocycles. The van der Waals surface area contributed by atoms with E-state index in [0.29, 0.717) is 0 Å². The van der Waals surface area contributed by atoms with Crippen molar-refractivity contribution in [3.63, 3.8) is 0 Å². The third-order valence-corrected chi connectivity index (χ3v) is 0. The fraction of sp³-hybridized carbons (Fsp3) is 0. The Bertz CT molecular complexity index is 28.6. The van der Waals surface area contributed by atoms with Crippen LogP contribution < -0.4 is 0 Å². The molecule has 0 amide bonds. The molecule has 0 aromatic rings. The molecule has 0 heterocycles. The van der Waals surface area contributed by atoms with Crippen LogP contribution in [-0.4, -0.2) is 0 Å². The monoisotopic (exact) mass is 161 g/mol. The van der Waals surface area contributed by atoms with E-state index in [9.17, 15) is 3.55 Å². The second-order valence-electron chi connectivity index (χ2n) is 0.0630. The quantitative estimate of drug-likeness (QED) is 0.474. The predicted molar refractivity (Wildman–Crippen MR) is 2.48 cm³/mol. The van der Waals surface area contributed by atoms with E-state index in [4.69, 9.17) is 7.67 Å². The summed E-state index contributed by atoms with van der Waals surface area (Å²) in [5.41, 5.74) is 0. The standard InChI is InChI=1S/FH.2Mn.2O/h1H;;;;/q;;+1;;/p-1. The zero-order valence-electron chi connectivity index (χ0n) is 1.95. The van der Waals surface area contributed by atoms with Crippen LogP contribution in [0.1, 0.15) is 0 Å². The molecule has 0 radical (unpaired) electrons. The first-order valence-electron chi connectivity index (χ1n) is 0.451. The summed E-state index contributed by atoms with van der Waals surface area (Å²) in [7, 11) is 0. The Morgan fingerprint density at radius 3 is 1.40 bits per heavy atom. The molecule has 0 aromatic carbocycles. The zero-order valence-corrected chi connectivity index (χ0v) is 4.31. The summed E-state index contributed by atoms with van der Waals surface area (Å²) < 4.78 is 26.1. The van der Waals surface area contributed by atoms with Gasteiger partial charge in [-0.15, -0.1) is 0 Å². The summed E-state index contributed by atoms with van der Waals surface area (Å²) in [4.78, 5) is 0. The van der Waals surface area contributed by atoms with Crippen molar-refractivity contribution in [2.24, 2.45) is 0 Å². The van der Waals surface area contributed by atoms with Gasteiger partial charge < -0.3 is 0 Å². The van der Waals surface area contributed by atoms with Crippen LogP contribution in [0.25, 0.3) is 0 Å². The van der Waals surface area contributed by atoms with Crippen molar-refractivity contribution in [1.29, 1.82) is 0 Å². The van der Waals surface area contributed by atoms with Gasteiger partial charge in [0, 0.05) is 0 Å². The van der Waals surface area contributed by atoms with Gasteiger partial charge in [-0.1, -0.05) is 0 Å². The molecule has 0 atom stereocenters. The van der Waals surface area contributed by atoms with Gasteiger partial charge >= 0.3 is 42.5 Å². The second-order valence-corrected chi connectivity index (χ2v) is 0.260. The molecule has 0 aliphatic carbocycles. The van der Waals surface area contributed by atoms with E-state index in [1.54, 1.807) is 0 Å². The maximum absolute atomic E-state index is 9.31. The molecule has 0 fully saturated rings. The van der Waals surface area contributed by atoms with Crippen LogP contribution in [0.4, 0.5) is 3.55 Å². The number of halogens is 1. The zero-order chi connectivity index (χ0) is 4.71. The van der Waals surface area contributed by atoms with E-state index in [-0.39, 0.29) is 0 Å². The topological polar surface area (TPSA) is 34.1 Å².